The minimum absolute atomic E-state index is 0.0188. The first kappa shape index (κ1) is 15.7. The minimum atomic E-state index is 0.0188. The van der Waals surface area contributed by atoms with Crippen molar-refractivity contribution < 1.29 is 21.2 Å². The van der Waals surface area contributed by atoms with Crippen molar-refractivity contribution in [1.29, 1.82) is 0 Å². The van der Waals surface area contributed by atoms with Crippen LogP contribution in [-0.4, -0.2) is 19.1 Å². The van der Waals surface area contributed by atoms with Crippen LogP contribution in [0.2, 0.25) is 0 Å². The Morgan fingerprint density at radius 2 is 2.25 bits per heavy atom. The molecule has 0 saturated heterocycles. The molecule has 0 radical (unpaired) electrons. The third kappa shape index (κ3) is 4.40. The van der Waals surface area contributed by atoms with Gasteiger partial charge in [-0.15, -0.1) is 0 Å². The Morgan fingerprint density at radius 1 is 1.45 bits per heavy atom. The Kier molecular flexibility index (Phi) is 5.35. The summed E-state index contributed by atoms with van der Waals surface area (Å²) in [6.07, 6.45) is 3.89. The molecule has 5 heteroatoms. The SMILES string of the molecule is C[I-]C#Cc1ccn2cnc(CNSC(C)(C)C)c2c1. The fraction of sp³-hybridized carbons (Fsp3) is 0.400. The van der Waals surface area contributed by atoms with Crippen molar-refractivity contribution in [3.05, 3.63) is 35.9 Å². The Bertz CT molecular complexity index is 646. The van der Waals surface area contributed by atoms with E-state index in [1.54, 1.807) is 11.9 Å². The summed E-state index contributed by atoms with van der Waals surface area (Å²) >= 11 is 1.75. The molecular weight excluding hydrogens is 381 g/mol. The van der Waals surface area contributed by atoms with Crippen LogP contribution in [-0.2, 0) is 6.54 Å². The topological polar surface area (TPSA) is 29.3 Å². The first-order valence-electron chi connectivity index (χ1n) is 6.35. The predicted octanol–water partition coefficient (Wildman–Crippen LogP) is -0.102. The molecule has 0 saturated carbocycles. The zero-order chi connectivity index (χ0) is 14.6. The molecule has 0 aliphatic heterocycles. The molecular formula is C15H19IN3S-. The molecule has 2 aromatic heterocycles. The molecule has 108 valence electrons. The van der Waals surface area contributed by atoms with Crippen LogP contribution < -0.4 is 25.9 Å². The monoisotopic (exact) mass is 400 g/mol. The van der Waals surface area contributed by atoms with Crippen LogP contribution in [0.15, 0.2) is 24.7 Å². The summed E-state index contributed by atoms with van der Waals surface area (Å²) in [5.41, 5.74) is 3.27. The summed E-state index contributed by atoms with van der Waals surface area (Å²) in [7, 11) is 0. The van der Waals surface area contributed by atoms with E-state index in [1.165, 1.54) is 0 Å². The van der Waals surface area contributed by atoms with Gasteiger partial charge in [0, 0.05) is 0 Å². The number of nitrogens with zero attached hydrogens (tertiary/aromatic N) is 2. The van der Waals surface area contributed by atoms with Crippen LogP contribution in [0.1, 0.15) is 32.0 Å². The first-order chi connectivity index (χ1) is 9.49. The Hall–Kier alpha value is -0.710. The number of aromatic nitrogens is 2. The summed E-state index contributed by atoms with van der Waals surface area (Å²) in [6, 6.07) is 4.17. The van der Waals surface area contributed by atoms with Gasteiger partial charge in [0.2, 0.25) is 0 Å². The molecule has 0 spiro atoms. The number of pyridine rings is 1. The third-order valence-corrected chi connectivity index (χ3v) is 4.23. The van der Waals surface area contributed by atoms with E-state index < -0.39 is 0 Å². The fourth-order valence-electron chi connectivity index (χ4n) is 1.68. The number of rotatable bonds is 3. The standard InChI is InChI=1S/C15H19IN3S/c1-15(2,3)20-18-10-13-14-9-12(5-7-16-4)6-8-19(14)11-17-13/h6,8-9,11,18H,10H2,1-4H3/q-1. The summed E-state index contributed by atoms with van der Waals surface area (Å²) < 4.78 is 8.86. The second kappa shape index (κ2) is 6.83. The van der Waals surface area contributed by atoms with Gasteiger partial charge >= 0.3 is 136 Å². The molecule has 0 aliphatic rings. The van der Waals surface area contributed by atoms with E-state index >= 15 is 0 Å². The zero-order valence-electron chi connectivity index (χ0n) is 12.2. The molecule has 0 aromatic carbocycles. The fourth-order valence-corrected chi connectivity index (χ4v) is 2.90. The maximum absolute atomic E-state index is 4.48. The maximum atomic E-state index is 4.48. The van der Waals surface area contributed by atoms with Gasteiger partial charge in [0.15, 0.2) is 0 Å². The molecule has 2 aromatic rings. The molecule has 0 amide bonds. The first-order valence-corrected chi connectivity index (χ1v) is 10.4. The van der Waals surface area contributed by atoms with Crippen LogP contribution in [0.3, 0.4) is 0 Å². The van der Waals surface area contributed by atoms with E-state index in [9.17, 15) is 0 Å². The van der Waals surface area contributed by atoms with Gasteiger partial charge in [-0.1, -0.05) is 0 Å². The van der Waals surface area contributed by atoms with Crippen LogP contribution in [0, 0.1) is 9.85 Å². The van der Waals surface area contributed by atoms with Crippen LogP contribution in [0.4, 0.5) is 0 Å². The molecule has 1 N–H and O–H groups in total. The second-order valence-corrected chi connectivity index (χ2v) is 8.68. The molecule has 2 rings (SSSR count). The van der Waals surface area contributed by atoms with Crippen molar-refractivity contribution in [2.75, 3.05) is 4.93 Å². The van der Waals surface area contributed by atoms with Crippen molar-refractivity contribution in [2.24, 2.45) is 0 Å². The van der Waals surface area contributed by atoms with E-state index in [2.05, 4.69) is 51.3 Å². The van der Waals surface area contributed by atoms with Crippen molar-refractivity contribution in [3.63, 3.8) is 0 Å². The molecule has 0 unspecified atom stereocenters. The Morgan fingerprint density at radius 3 is 2.95 bits per heavy atom. The Labute approximate surface area is 135 Å². The molecule has 0 fully saturated rings. The molecule has 3 nitrogen and oxygen atoms in total. The number of hydrogen-bond acceptors (Lipinski definition) is 3. The summed E-state index contributed by atoms with van der Waals surface area (Å²) in [6.45, 7) is 7.34. The average molecular weight is 400 g/mol. The predicted molar refractivity (Wildman–Crippen MR) is 82.2 cm³/mol. The zero-order valence-corrected chi connectivity index (χ0v) is 15.2. The molecule has 2 heterocycles. The van der Waals surface area contributed by atoms with E-state index in [1.807, 2.05) is 23.0 Å². The van der Waals surface area contributed by atoms with Crippen molar-refractivity contribution >= 4 is 17.5 Å². The van der Waals surface area contributed by atoms with Crippen molar-refractivity contribution in [2.45, 2.75) is 32.1 Å². The van der Waals surface area contributed by atoms with Crippen LogP contribution >= 0.6 is 11.9 Å². The summed E-state index contributed by atoms with van der Waals surface area (Å²) in [5.74, 6) is 3.22. The van der Waals surface area contributed by atoms with Crippen LogP contribution in [0.25, 0.3) is 5.52 Å². The number of nitrogens with one attached hydrogen (secondary N) is 1. The number of halogens is 1. The molecule has 0 bridgehead atoms. The number of imidazole rings is 1. The number of hydrogen-bond donors (Lipinski definition) is 1. The van der Waals surface area contributed by atoms with Gasteiger partial charge in [0.25, 0.3) is 0 Å². The quantitative estimate of drug-likeness (QED) is 0.338. The van der Waals surface area contributed by atoms with Gasteiger partial charge < -0.3 is 0 Å². The van der Waals surface area contributed by atoms with Crippen LogP contribution in [0.5, 0.6) is 0 Å². The summed E-state index contributed by atoms with van der Waals surface area (Å²) in [4.78, 5) is 6.65. The van der Waals surface area contributed by atoms with Gasteiger partial charge in [0.05, 0.1) is 0 Å². The van der Waals surface area contributed by atoms with E-state index in [0.717, 1.165) is 23.3 Å². The van der Waals surface area contributed by atoms with Gasteiger partial charge in [-0.3, -0.25) is 0 Å². The van der Waals surface area contributed by atoms with Gasteiger partial charge in [-0.25, -0.2) is 0 Å². The molecule has 20 heavy (non-hydrogen) atoms. The average Bonchev–Trinajstić information content (AvgIpc) is 2.78. The number of fused-ring (bicyclic) bond motifs is 1. The van der Waals surface area contributed by atoms with Crippen molar-refractivity contribution in [1.82, 2.24) is 14.1 Å². The summed E-state index contributed by atoms with van der Waals surface area (Å²) in [5, 5.41) is 0. The third-order valence-electron chi connectivity index (χ3n) is 2.52. The molecule has 0 aliphatic carbocycles. The normalized spacial score (nSPS) is 11.6. The van der Waals surface area contributed by atoms with E-state index in [0.29, 0.717) is 0 Å². The number of alkyl halides is 1. The van der Waals surface area contributed by atoms with Gasteiger partial charge in [-0.05, 0) is 0 Å². The molecule has 0 atom stereocenters. The van der Waals surface area contributed by atoms with E-state index in [4.69, 9.17) is 0 Å². The van der Waals surface area contributed by atoms with Gasteiger partial charge in [0.1, 0.15) is 0 Å². The van der Waals surface area contributed by atoms with Crippen molar-refractivity contribution in [3.8, 4) is 9.85 Å². The second-order valence-electron chi connectivity index (χ2n) is 5.34. The van der Waals surface area contributed by atoms with E-state index in [-0.39, 0.29) is 26.0 Å². The van der Waals surface area contributed by atoms with Gasteiger partial charge in [-0.2, -0.15) is 0 Å². The Balaban J connectivity index is 2.17.